The van der Waals surface area contributed by atoms with Crippen molar-refractivity contribution in [2.24, 2.45) is 5.10 Å². The number of aromatic nitrogens is 1. The van der Waals surface area contributed by atoms with Crippen LogP contribution in [0, 0.1) is 0 Å². The van der Waals surface area contributed by atoms with Crippen LogP contribution in [0.25, 0.3) is 10.9 Å². The molecule has 1 heterocycles. The molecule has 0 fully saturated rings. The molecule has 0 saturated heterocycles. The summed E-state index contributed by atoms with van der Waals surface area (Å²) in [4.78, 5) is 25.9. The lowest BCUT2D eigenvalue weighted by Gasteiger charge is -2.14. The number of fused-ring (bicyclic) bond motifs is 1. The average Bonchev–Trinajstić information content (AvgIpc) is 2.76. The van der Waals surface area contributed by atoms with Crippen LogP contribution in [0.4, 0.5) is 0 Å². The van der Waals surface area contributed by atoms with Crippen molar-refractivity contribution in [3.8, 4) is 5.75 Å². The summed E-state index contributed by atoms with van der Waals surface area (Å²) in [6, 6.07) is 14.5. The third-order valence-electron chi connectivity index (χ3n) is 5.09. The summed E-state index contributed by atoms with van der Waals surface area (Å²) in [5, 5.41) is 15.1. The van der Waals surface area contributed by atoms with Crippen LogP contribution < -0.4 is 11.0 Å². The third-order valence-corrected chi connectivity index (χ3v) is 5.58. The van der Waals surface area contributed by atoms with Crippen molar-refractivity contribution in [2.75, 3.05) is 0 Å². The van der Waals surface area contributed by atoms with Crippen molar-refractivity contribution in [3.05, 3.63) is 74.5 Å². The molecule has 0 saturated carbocycles. The number of unbranched alkanes of at least 4 members (excludes halogenated alkanes) is 4. The van der Waals surface area contributed by atoms with Gasteiger partial charge in [-0.3, -0.25) is 9.59 Å². The van der Waals surface area contributed by atoms with Gasteiger partial charge in [0, 0.05) is 16.4 Å². The van der Waals surface area contributed by atoms with Crippen molar-refractivity contribution in [2.45, 2.75) is 45.6 Å². The molecule has 0 spiro atoms. The second-order valence-electron chi connectivity index (χ2n) is 7.37. The minimum absolute atomic E-state index is 0.293. The Morgan fingerprint density at radius 1 is 1.13 bits per heavy atom. The lowest BCUT2D eigenvalue weighted by molar-refractivity contribution is 0.0950. The van der Waals surface area contributed by atoms with E-state index in [4.69, 9.17) is 0 Å². The monoisotopic (exact) mass is 483 g/mol. The lowest BCUT2D eigenvalue weighted by Crippen LogP contribution is -2.31. The zero-order valence-corrected chi connectivity index (χ0v) is 19.1. The number of nitrogens with zero attached hydrogens (tertiary/aromatic N) is 2. The Hall–Kier alpha value is -2.93. The van der Waals surface area contributed by atoms with E-state index >= 15 is 0 Å². The SMILES string of the molecule is CCCCCCCn1c(=O)c(C(=O)N/N=C/c2cccc(Br)c2)c(O)c2ccccc21. The van der Waals surface area contributed by atoms with Crippen molar-refractivity contribution in [1.29, 1.82) is 0 Å². The van der Waals surface area contributed by atoms with Gasteiger partial charge in [-0.25, -0.2) is 5.43 Å². The fourth-order valence-corrected chi connectivity index (χ4v) is 3.91. The van der Waals surface area contributed by atoms with E-state index in [-0.39, 0.29) is 11.3 Å². The topological polar surface area (TPSA) is 83.7 Å². The van der Waals surface area contributed by atoms with Crippen LogP contribution in [-0.2, 0) is 6.54 Å². The molecule has 3 aromatic rings. The van der Waals surface area contributed by atoms with Crippen LogP contribution in [0.5, 0.6) is 5.75 Å². The fourth-order valence-electron chi connectivity index (χ4n) is 3.50. The lowest BCUT2D eigenvalue weighted by atomic mass is 10.1. The number of carbonyl (C=O) groups excluding carboxylic acids is 1. The van der Waals surface area contributed by atoms with E-state index in [0.717, 1.165) is 42.1 Å². The predicted molar refractivity (Wildman–Crippen MR) is 128 cm³/mol. The predicted octanol–water partition coefficient (Wildman–Crippen LogP) is 5.20. The number of carbonyl (C=O) groups is 1. The summed E-state index contributed by atoms with van der Waals surface area (Å²) in [6.07, 6.45) is 6.73. The van der Waals surface area contributed by atoms with E-state index in [1.54, 1.807) is 22.8 Å². The van der Waals surface area contributed by atoms with Crippen LogP contribution in [-0.4, -0.2) is 21.8 Å². The van der Waals surface area contributed by atoms with Crippen LogP contribution >= 0.6 is 15.9 Å². The molecule has 162 valence electrons. The smallest absolute Gasteiger partial charge is 0.280 e. The molecule has 3 rings (SSSR count). The van der Waals surface area contributed by atoms with Gasteiger partial charge in [-0.05, 0) is 36.2 Å². The summed E-state index contributed by atoms with van der Waals surface area (Å²) in [5.41, 5.74) is 2.96. The van der Waals surface area contributed by atoms with Gasteiger partial charge in [0.2, 0.25) is 0 Å². The largest absolute Gasteiger partial charge is 0.506 e. The summed E-state index contributed by atoms with van der Waals surface area (Å²) in [7, 11) is 0. The number of halogens is 1. The van der Waals surface area contributed by atoms with E-state index in [2.05, 4.69) is 33.4 Å². The van der Waals surface area contributed by atoms with E-state index in [9.17, 15) is 14.7 Å². The Labute approximate surface area is 189 Å². The van der Waals surface area contributed by atoms with Crippen LogP contribution in [0.1, 0.15) is 54.9 Å². The molecule has 1 amide bonds. The fraction of sp³-hybridized carbons (Fsp3) is 0.292. The first-order valence-electron chi connectivity index (χ1n) is 10.5. The van der Waals surface area contributed by atoms with Crippen LogP contribution in [0.15, 0.2) is 62.9 Å². The number of amides is 1. The number of aryl methyl sites for hydroxylation is 1. The number of pyridine rings is 1. The van der Waals surface area contributed by atoms with E-state index in [1.807, 2.05) is 30.3 Å². The molecule has 0 aliphatic carbocycles. The van der Waals surface area contributed by atoms with Crippen molar-refractivity contribution < 1.29 is 9.90 Å². The molecule has 2 aromatic carbocycles. The van der Waals surface area contributed by atoms with Gasteiger partial charge in [0.25, 0.3) is 11.5 Å². The van der Waals surface area contributed by atoms with Gasteiger partial charge in [-0.1, -0.05) is 72.8 Å². The van der Waals surface area contributed by atoms with E-state index in [0.29, 0.717) is 17.4 Å². The molecule has 0 radical (unpaired) electrons. The highest BCUT2D eigenvalue weighted by atomic mass is 79.9. The molecule has 0 bridgehead atoms. The summed E-state index contributed by atoms with van der Waals surface area (Å²) >= 11 is 3.38. The van der Waals surface area contributed by atoms with Gasteiger partial charge < -0.3 is 9.67 Å². The molecule has 7 heteroatoms. The summed E-state index contributed by atoms with van der Waals surface area (Å²) in [5.74, 6) is -1.06. The zero-order chi connectivity index (χ0) is 22.2. The summed E-state index contributed by atoms with van der Waals surface area (Å²) in [6.45, 7) is 2.65. The maximum atomic E-state index is 13.1. The molecule has 31 heavy (non-hydrogen) atoms. The van der Waals surface area contributed by atoms with Gasteiger partial charge in [-0.15, -0.1) is 0 Å². The number of benzene rings is 2. The number of para-hydroxylation sites is 1. The number of hydrogen-bond acceptors (Lipinski definition) is 4. The molecular formula is C24H26BrN3O3. The highest BCUT2D eigenvalue weighted by molar-refractivity contribution is 9.10. The van der Waals surface area contributed by atoms with Crippen LogP contribution in [0.3, 0.4) is 0 Å². The Morgan fingerprint density at radius 3 is 2.68 bits per heavy atom. The second kappa shape index (κ2) is 10.9. The highest BCUT2D eigenvalue weighted by Crippen LogP contribution is 2.26. The second-order valence-corrected chi connectivity index (χ2v) is 8.28. The minimum atomic E-state index is -0.737. The molecule has 0 atom stereocenters. The zero-order valence-electron chi connectivity index (χ0n) is 17.5. The van der Waals surface area contributed by atoms with Gasteiger partial charge >= 0.3 is 0 Å². The molecule has 0 unspecified atom stereocenters. The van der Waals surface area contributed by atoms with Gasteiger partial charge in [0.15, 0.2) is 0 Å². The molecular weight excluding hydrogens is 458 g/mol. The van der Waals surface area contributed by atoms with Gasteiger partial charge in [-0.2, -0.15) is 5.10 Å². The maximum Gasteiger partial charge on any atom is 0.280 e. The Bertz CT molecular complexity index is 1150. The quantitative estimate of drug-likeness (QED) is 0.249. The standard InChI is InChI=1S/C24H26BrN3O3/c1-2-3-4-5-8-14-28-20-13-7-6-12-19(20)22(29)21(24(28)31)23(30)27-26-16-17-10-9-11-18(25)15-17/h6-7,9-13,15-16,29H,2-5,8,14H2,1H3,(H,27,30)/b26-16+. The average molecular weight is 484 g/mol. The van der Waals surface area contributed by atoms with E-state index < -0.39 is 11.5 Å². The van der Waals surface area contributed by atoms with Gasteiger partial charge in [0.05, 0.1) is 11.7 Å². The van der Waals surface area contributed by atoms with Crippen LogP contribution in [0.2, 0.25) is 0 Å². The highest BCUT2D eigenvalue weighted by Gasteiger charge is 2.21. The Balaban J connectivity index is 1.88. The van der Waals surface area contributed by atoms with Crippen molar-refractivity contribution in [3.63, 3.8) is 0 Å². The van der Waals surface area contributed by atoms with Gasteiger partial charge in [0.1, 0.15) is 11.3 Å². The number of aromatic hydroxyl groups is 1. The van der Waals surface area contributed by atoms with Crippen molar-refractivity contribution in [1.82, 2.24) is 9.99 Å². The minimum Gasteiger partial charge on any atom is -0.506 e. The Kier molecular flexibility index (Phi) is 8.00. The van der Waals surface area contributed by atoms with Crippen molar-refractivity contribution >= 4 is 39.0 Å². The Morgan fingerprint density at radius 2 is 1.90 bits per heavy atom. The molecule has 2 N–H and O–H groups in total. The molecule has 6 nitrogen and oxygen atoms in total. The number of rotatable bonds is 9. The number of hydrazone groups is 1. The van der Waals surface area contributed by atoms with E-state index in [1.165, 1.54) is 6.21 Å². The number of hydrogen-bond donors (Lipinski definition) is 2. The molecule has 0 aliphatic rings. The molecule has 1 aromatic heterocycles. The number of nitrogens with one attached hydrogen (secondary N) is 1. The first-order chi connectivity index (χ1) is 15.0. The summed E-state index contributed by atoms with van der Waals surface area (Å²) < 4.78 is 2.46. The normalized spacial score (nSPS) is 11.3. The molecule has 0 aliphatic heterocycles. The maximum absolute atomic E-state index is 13.1. The third kappa shape index (κ3) is 5.61. The first-order valence-corrected chi connectivity index (χ1v) is 11.3. The first kappa shape index (κ1) is 22.7.